The summed E-state index contributed by atoms with van der Waals surface area (Å²) >= 11 is 5.86. The van der Waals surface area contributed by atoms with Gasteiger partial charge in [-0.05, 0) is 66.3 Å². The SMILES string of the molecule is CCc1ccc2c(ccn2CCCOc2ccc(Cl)cc2)c1. The minimum Gasteiger partial charge on any atom is -0.494 e. The highest BCUT2D eigenvalue weighted by Gasteiger charge is 2.02. The molecule has 0 atom stereocenters. The molecule has 3 heteroatoms. The number of benzene rings is 2. The molecule has 0 saturated carbocycles. The van der Waals surface area contributed by atoms with Crippen LogP contribution in [0.15, 0.2) is 54.7 Å². The van der Waals surface area contributed by atoms with E-state index in [9.17, 15) is 0 Å². The molecule has 3 rings (SSSR count). The number of aryl methyl sites for hydroxylation is 2. The normalized spacial score (nSPS) is 11.0. The number of hydrogen-bond donors (Lipinski definition) is 0. The highest BCUT2D eigenvalue weighted by molar-refractivity contribution is 6.30. The van der Waals surface area contributed by atoms with Crippen LogP contribution in [0.5, 0.6) is 5.75 Å². The van der Waals surface area contributed by atoms with Gasteiger partial charge in [-0.1, -0.05) is 24.6 Å². The van der Waals surface area contributed by atoms with E-state index in [-0.39, 0.29) is 0 Å². The van der Waals surface area contributed by atoms with Crippen LogP contribution >= 0.6 is 11.6 Å². The van der Waals surface area contributed by atoms with Gasteiger partial charge in [0.2, 0.25) is 0 Å². The molecule has 2 nitrogen and oxygen atoms in total. The zero-order valence-corrected chi connectivity index (χ0v) is 13.5. The van der Waals surface area contributed by atoms with Gasteiger partial charge in [0.25, 0.3) is 0 Å². The number of rotatable bonds is 6. The summed E-state index contributed by atoms with van der Waals surface area (Å²) in [4.78, 5) is 0. The van der Waals surface area contributed by atoms with E-state index < -0.39 is 0 Å². The fourth-order valence-electron chi connectivity index (χ4n) is 2.62. The van der Waals surface area contributed by atoms with Crippen LogP contribution in [-0.2, 0) is 13.0 Å². The summed E-state index contributed by atoms with van der Waals surface area (Å²) in [5.74, 6) is 0.870. The van der Waals surface area contributed by atoms with Crippen LogP contribution in [0.4, 0.5) is 0 Å². The molecule has 2 aromatic carbocycles. The fourth-order valence-corrected chi connectivity index (χ4v) is 2.75. The number of fused-ring (bicyclic) bond motifs is 1. The lowest BCUT2D eigenvalue weighted by molar-refractivity contribution is 0.302. The van der Waals surface area contributed by atoms with Crippen molar-refractivity contribution >= 4 is 22.5 Å². The van der Waals surface area contributed by atoms with Crippen LogP contribution in [0, 0.1) is 0 Å². The maximum atomic E-state index is 5.86. The van der Waals surface area contributed by atoms with Crippen molar-refractivity contribution < 1.29 is 4.74 Å². The van der Waals surface area contributed by atoms with Crippen molar-refractivity contribution in [2.75, 3.05) is 6.61 Å². The zero-order valence-electron chi connectivity index (χ0n) is 12.8. The zero-order chi connectivity index (χ0) is 15.4. The third-order valence-corrected chi connectivity index (χ3v) is 4.12. The molecule has 1 heterocycles. The van der Waals surface area contributed by atoms with E-state index in [0.717, 1.165) is 30.2 Å². The topological polar surface area (TPSA) is 14.2 Å². The quantitative estimate of drug-likeness (QED) is 0.561. The van der Waals surface area contributed by atoms with E-state index in [1.807, 2.05) is 24.3 Å². The molecule has 0 aliphatic carbocycles. The van der Waals surface area contributed by atoms with E-state index in [1.165, 1.54) is 16.5 Å². The predicted octanol–water partition coefficient (Wildman–Crippen LogP) is 5.33. The molecule has 0 unspecified atom stereocenters. The molecule has 0 amide bonds. The summed E-state index contributed by atoms with van der Waals surface area (Å²) < 4.78 is 8.03. The van der Waals surface area contributed by atoms with Crippen molar-refractivity contribution in [2.45, 2.75) is 26.3 Å². The molecule has 0 fully saturated rings. The standard InChI is InChI=1S/C19H20ClNO/c1-2-15-4-9-19-16(14-15)10-12-21(19)11-3-13-22-18-7-5-17(20)6-8-18/h4-10,12,14H,2-3,11,13H2,1H3. The smallest absolute Gasteiger partial charge is 0.119 e. The molecule has 0 aliphatic heterocycles. The summed E-state index contributed by atoms with van der Waals surface area (Å²) in [5, 5.41) is 2.05. The van der Waals surface area contributed by atoms with E-state index in [4.69, 9.17) is 16.3 Å². The average Bonchev–Trinajstić information content (AvgIpc) is 2.95. The van der Waals surface area contributed by atoms with Gasteiger partial charge in [0.15, 0.2) is 0 Å². The minimum atomic E-state index is 0.703. The predicted molar refractivity (Wildman–Crippen MR) is 92.9 cm³/mol. The maximum absolute atomic E-state index is 5.86. The Morgan fingerprint density at radius 1 is 1.05 bits per heavy atom. The first-order valence-corrected chi connectivity index (χ1v) is 8.10. The Kier molecular flexibility index (Phi) is 4.69. The Balaban J connectivity index is 1.56. The Labute approximate surface area is 136 Å². The molecule has 0 radical (unpaired) electrons. The van der Waals surface area contributed by atoms with Gasteiger partial charge >= 0.3 is 0 Å². The van der Waals surface area contributed by atoms with Crippen LogP contribution in [-0.4, -0.2) is 11.2 Å². The van der Waals surface area contributed by atoms with Gasteiger partial charge in [0.1, 0.15) is 5.75 Å². The van der Waals surface area contributed by atoms with Gasteiger partial charge in [-0.15, -0.1) is 0 Å². The van der Waals surface area contributed by atoms with Gasteiger partial charge in [-0.25, -0.2) is 0 Å². The first-order chi connectivity index (χ1) is 10.8. The molecule has 0 aliphatic rings. The number of hydrogen-bond acceptors (Lipinski definition) is 1. The highest BCUT2D eigenvalue weighted by atomic mass is 35.5. The molecule has 1 aromatic heterocycles. The lowest BCUT2D eigenvalue weighted by atomic mass is 10.1. The summed E-state index contributed by atoms with van der Waals surface area (Å²) in [5.41, 5.74) is 2.68. The first kappa shape index (κ1) is 15.0. The maximum Gasteiger partial charge on any atom is 0.119 e. The van der Waals surface area contributed by atoms with Crippen LogP contribution < -0.4 is 4.74 Å². The Hall–Kier alpha value is -1.93. The van der Waals surface area contributed by atoms with Crippen LogP contribution in [0.3, 0.4) is 0 Å². The third-order valence-electron chi connectivity index (χ3n) is 3.87. The molecule has 0 N–H and O–H groups in total. The number of nitrogens with zero attached hydrogens (tertiary/aromatic N) is 1. The van der Waals surface area contributed by atoms with Gasteiger partial charge < -0.3 is 9.30 Å². The van der Waals surface area contributed by atoms with Crippen molar-refractivity contribution in [2.24, 2.45) is 0 Å². The second-order valence-electron chi connectivity index (χ2n) is 5.41. The van der Waals surface area contributed by atoms with E-state index in [1.54, 1.807) is 0 Å². The van der Waals surface area contributed by atoms with Crippen LogP contribution in [0.2, 0.25) is 5.02 Å². The highest BCUT2D eigenvalue weighted by Crippen LogP contribution is 2.19. The van der Waals surface area contributed by atoms with E-state index in [0.29, 0.717) is 6.61 Å². The van der Waals surface area contributed by atoms with Crippen LogP contribution in [0.25, 0.3) is 10.9 Å². The monoisotopic (exact) mass is 313 g/mol. The Morgan fingerprint density at radius 3 is 2.64 bits per heavy atom. The van der Waals surface area contributed by atoms with E-state index in [2.05, 4.69) is 42.0 Å². The third kappa shape index (κ3) is 3.45. The second-order valence-corrected chi connectivity index (χ2v) is 5.85. The molecule has 0 bridgehead atoms. The molecular formula is C19H20ClNO. The van der Waals surface area contributed by atoms with Gasteiger partial charge in [0.05, 0.1) is 6.61 Å². The lowest BCUT2D eigenvalue weighted by Gasteiger charge is -2.08. The molecule has 0 spiro atoms. The number of halogens is 1. The molecular weight excluding hydrogens is 294 g/mol. The first-order valence-electron chi connectivity index (χ1n) is 7.72. The fraction of sp³-hybridized carbons (Fsp3) is 0.263. The molecule has 22 heavy (non-hydrogen) atoms. The molecule has 114 valence electrons. The van der Waals surface area contributed by atoms with Crippen molar-refractivity contribution in [1.29, 1.82) is 0 Å². The van der Waals surface area contributed by atoms with Gasteiger partial charge in [0, 0.05) is 23.3 Å². The average molecular weight is 314 g/mol. The van der Waals surface area contributed by atoms with Crippen LogP contribution in [0.1, 0.15) is 18.9 Å². The molecule has 3 aromatic rings. The number of aromatic nitrogens is 1. The second kappa shape index (κ2) is 6.89. The summed E-state index contributed by atoms with van der Waals surface area (Å²) in [6.45, 7) is 3.85. The summed E-state index contributed by atoms with van der Waals surface area (Å²) in [6.07, 6.45) is 4.21. The summed E-state index contributed by atoms with van der Waals surface area (Å²) in [6, 6.07) is 16.4. The van der Waals surface area contributed by atoms with Gasteiger partial charge in [-0.2, -0.15) is 0 Å². The Morgan fingerprint density at radius 2 is 1.86 bits per heavy atom. The van der Waals surface area contributed by atoms with Crippen molar-refractivity contribution in [3.05, 3.63) is 65.3 Å². The van der Waals surface area contributed by atoms with Crippen molar-refractivity contribution in [3.8, 4) is 5.75 Å². The van der Waals surface area contributed by atoms with E-state index >= 15 is 0 Å². The lowest BCUT2D eigenvalue weighted by Crippen LogP contribution is -2.03. The largest absolute Gasteiger partial charge is 0.494 e. The van der Waals surface area contributed by atoms with Crippen molar-refractivity contribution in [1.82, 2.24) is 4.57 Å². The minimum absolute atomic E-state index is 0.703. The number of ether oxygens (including phenoxy) is 1. The van der Waals surface area contributed by atoms with Gasteiger partial charge in [-0.3, -0.25) is 0 Å². The van der Waals surface area contributed by atoms with Crippen molar-refractivity contribution in [3.63, 3.8) is 0 Å². The molecule has 0 saturated heterocycles. The Bertz CT molecular complexity index is 746. The summed E-state index contributed by atoms with van der Waals surface area (Å²) in [7, 11) is 0.